The molecule has 0 aliphatic rings. The first-order valence-electron chi connectivity index (χ1n) is 7.37. The molecule has 122 valence electrons. The third kappa shape index (κ3) is 4.91. The Labute approximate surface area is 139 Å². The molecule has 24 heavy (non-hydrogen) atoms. The molecule has 2 heterocycles. The second-order valence-electron chi connectivity index (χ2n) is 4.98. The lowest BCUT2D eigenvalue weighted by molar-refractivity contribution is -0.466. The maximum absolute atomic E-state index is 11.3. The van der Waals surface area contributed by atoms with Crippen LogP contribution in [0.15, 0.2) is 53.9 Å². The van der Waals surface area contributed by atoms with Crippen molar-refractivity contribution < 1.29 is 9.55 Å². The zero-order valence-electron chi connectivity index (χ0n) is 13.3. The van der Waals surface area contributed by atoms with E-state index in [0.29, 0.717) is 33.8 Å². The third-order valence-corrected chi connectivity index (χ3v) is 3.20. The number of carbonyl (C=O) groups excluding carboxylic acids is 1. The summed E-state index contributed by atoms with van der Waals surface area (Å²) in [7, 11) is 0. The molecule has 0 saturated heterocycles. The fourth-order valence-corrected chi connectivity index (χ4v) is 1.92. The standard InChI is InChI=1S/C17H18N5O2/c1-13(23)22(24)9-7-15-4-2-6-17(21-15)14(10-18)11-20-16-5-3-8-19-12-16/h2-6,8,10-12H,7,9,18H2,1H3/q+1. The molecule has 0 unspecified atom stereocenters. The summed E-state index contributed by atoms with van der Waals surface area (Å²) in [6.45, 7) is 1.30. The lowest BCUT2D eigenvalue weighted by atomic mass is 10.1. The number of rotatable bonds is 6. The van der Waals surface area contributed by atoms with Crippen molar-refractivity contribution in [1.82, 2.24) is 9.97 Å². The Hall–Kier alpha value is -3.22. The minimum Gasteiger partial charge on any atom is -0.404 e. The number of hydrogen-bond donors (Lipinski definition) is 1. The van der Waals surface area contributed by atoms with Gasteiger partial charge in [-0.2, -0.15) is 0 Å². The van der Waals surface area contributed by atoms with E-state index in [0.717, 1.165) is 0 Å². The van der Waals surface area contributed by atoms with Crippen LogP contribution in [0, 0.1) is 4.91 Å². The number of aromatic nitrogens is 2. The van der Waals surface area contributed by atoms with Crippen molar-refractivity contribution in [3.05, 3.63) is 65.2 Å². The molecule has 2 aromatic rings. The molecule has 0 spiro atoms. The Morgan fingerprint density at radius 1 is 1.33 bits per heavy atom. The Kier molecular flexibility index (Phi) is 6.01. The highest BCUT2D eigenvalue weighted by Gasteiger charge is 2.15. The molecule has 0 atom stereocenters. The lowest BCUT2D eigenvalue weighted by Gasteiger charge is -2.03. The van der Waals surface area contributed by atoms with Crippen molar-refractivity contribution in [2.75, 3.05) is 6.54 Å². The Morgan fingerprint density at radius 2 is 2.17 bits per heavy atom. The number of nitroso groups, excluding NO2 is 1. The fourth-order valence-electron chi connectivity index (χ4n) is 1.92. The molecule has 0 aliphatic heterocycles. The molecule has 2 N–H and O–H groups in total. The van der Waals surface area contributed by atoms with E-state index < -0.39 is 5.91 Å². The molecule has 2 aromatic heterocycles. The number of nitrogens with two attached hydrogens (primary N) is 1. The fraction of sp³-hybridized carbons (Fsp3) is 0.176. The van der Waals surface area contributed by atoms with Crippen LogP contribution in [0.4, 0.5) is 5.69 Å². The SMILES string of the molecule is CC(=O)[N+](=O)CCc1cccc(C(C=Nc2cccnc2)=CN)n1. The summed E-state index contributed by atoms with van der Waals surface area (Å²) in [4.78, 5) is 35.0. The maximum atomic E-state index is 11.3. The molecule has 0 aromatic carbocycles. The summed E-state index contributed by atoms with van der Waals surface area (Å²) in [5.41, 5.74) is 8.36. The summed E-state index contributed by atoms with van der Waals surface area (Å²) < 4.78 is 0.415. The summed E-state index contributed by atoms with van der Waals surface area (Å²) in [5.74, 6) is -0.516. The average molecular weight is 324 g/mol. The van der Waals surface area contributed by atoms with Crippen LogP contribution in [0.25, 0.3) is 5.57 Å². The Morgan fingerprint density at radius 3 is 2.83 bits per heavy atom. The lowest BCUT2D eigenvalue weighted by Crippen LogP contribution is -2.17. The predicted octanol–water partition coefficient (Wildman–Crippen LogP) is 2.05. The van der Waals surface area contributed by atoms with Gasteiger partial charge in [0.05, 0.1) is 35.7 Å². The average Bonchev–Trinajstić information content (AvgIpc) is 2.61. The quantitative estimate of drug-likeness (QED) is 0.647. The summed E-state index contributed by atoms with van der Waals surface area (Å²) in [6.07, 6.45) is 6.71. The molecule has 0 aliphatic carbocycles. The molecule has 7 nitrogen and oxygen atoms in total. The zero-order chi connectivity index (χ0) is 17.4. The number of hydrogen-bond acceptors (Lipinski definition) is 6. The van der Waals surface area contributed by atoms with E-state index in [9.17, 15) is 9.70 Å². The van der Waals surface area contributed by atoms with Crippen LogP contribution >= 0.6 is 0 Å². The number of allylic oxidation sites excluding steroid dienone is 1. The summed E-state index contributed by atoms with van der Waals surface area (Å²) >= 11 is 0. The highest BCUT2D eigenvalue weighted by molar-refractivity contribution is 6.09. The second-order valence-corrected chi connectivity index (χ2v) is 4.98. The molecule has 1 amide bonds. The largest absolute Gasteiger partial charge is 0.430 e. The van der Waals surface area contributed by atoms with E-state index in [1.165, 1.54) is 13.1 Å². The highest BCUT2D eigenvalue weighted by Crippen LogP contribution is 2.13. The van der Waals surface area contributed by atoms with Gasteiger partial charge in [0, 0.05) is 34.8 Å². The molecule has 7 heteroatoms. The van der Waals surface area contributed by atoms with Gasteiger partial charge in [0.25, 0.3) is 0 Å². The van der Waals surface area contributed by atoms with Gasteiger partial charge in [0.1, 0.15) is 0 Å². The molecule has 0 fully saturated rings. The molecule has 0 radical (unpaired) electrons. The van der Waals surface area contributed by atoms with Crippen LogP contribution in [0.2, 0.25) is 0 Å². The zero-order valence-corrected chi connectivity index (χ0v) is 13.3. The van der Waals surface area contributed by atoms with Crippen LogP contribution in [-0.2, 0) is 11.2 Å². The number of nitrogens with zero attached hydrogens (tertiary/aromatic N) is 4. The third-order valence-electron chi connectivity index (χ3n) is 3.20. The molecule has 0 bridgehead atoms. The van der Waals surface area contributed by atoms with Crippen LogP contribution in [0.5, 0.6) is 0 Å². The van der Waals surface area contributed by atoms with Gasteiger partial charge < -0.3 is 5.73 Å². The Balaban J connectivity index is 2.12. The van der Waals surface area contributed by atoms with Gasteiger partial charge in [-0.05, 0) is 24.3 Å². The van der Waals surface area contributed by atoms with Gasteiger partial charge >= 0.3 is 5.91 Å². The van der Waals surface area contributed by atoms with Crippen molar-refractivity contribution in [1.29, 1.82) is 0 Å². The summed E-state index contributed by atoms with van der Waals surface area (Å²) in [5, 5.41) is 0. The minimum absolute atomic E-state index is 0.0667. The first kappa shape index (κ1) is 17.1. The summed E-state index contributed by atoms with van der Waals surface area (Å²) in [6, 6.07) is 9.04. The first-order chi connectivity index (χ1) is 11.6. The van der Waals surface area contributed by atoms with Crippen molar-refractivity contribution in [3.63, 3.8) is 0 Å². The monoisotopic (exact) mass is 324 g/mol. The molecular weight excluding hydrogens is 306 g/mol. The molecule has 2 rings (SSSR count). The topological polar surface area (TPSA) is 101 Å². The maximum Gasteiger partial charge on any atom is 0.430 e. The van der Waals surface area contributed by atoms with Gasteiger partial charge in [-0.1, -0.05) is 6.07 Å². The van der Waals surface area contributed by atoms with Crippen molar-refractivity contribution in [2.24, 2.45) is 10.7 Å². The van der Waals surface area contributed by atoms with Crippen LogP contribution < -0.4 is 5.73 Å². The predicted molar refractivity (Wildman–Crippen MR) is 91.7 cm³/mol. The van der Waals surface area contributed by atoms with Crippen molar-refractivity contribution in [2.45, 2.75) is 13.3 Å². The minimum atomic E-state index is -0.516. The van der Waals surface area contributed by atoms with Crippen LogP contribution in [0.1, 0.15) is 18.3 Å². The van der Waals surface area contributed by atoms with Gasteiger partial charge in [0.2, 0.25) is 6.54 Å². The molecule has 0 saturated carbocycles. The van der Waals surface area contributed by atoms with E-state index >= 15 is 0 Å². The van der Waals surface area contributed by atoms with E-state index in [1.54, 1.807) is 36.8 Å². The second kappa shape index (κ2) is 8.42. The van der Waals surface area contributed by atoms with Gasteiger partial charge in [-0.25, -0.2) is 4.79 Å². The number of pyridine rings is 2. The van der Waals surface area contributed by atoms with Gasteiger partial charge in [-0.15, -0.1) is 0 Å². The number of amides is 1. The molecular formula is C17H18N5O2+. The van der Waals surface area contributed by atoms with Crippen molar-refractivity contribution in [3.8, 4) is 0 Å². The van der Waals surface area contributed by atoms with Crippen molar-refractivity contribution >= 4 is 23.4 Å². The van der Waals surface area contributed by atoms with E-state index in [2.05, 4.69) is 15.0 Å². The van der Waals surface area contributed by atoms with Crippen LogP contribution in [0.3, 0.4) is 0 Å². The first-order valence-corrected chi connectivity index (χ1v) is 7.37. The van der Waals surface area contributed by atoms with Gasteiger partial charge in [0.15, 0.2) is 0 Å². The van der Waals surface area contributed by atoms with E-state index in [-0.39, 0.29) is 6.54 Å². The normalized spacial score (nSPS) is 11.6. The smallest absolute Gasteiger partial charge is 0.404 e. The Bertz CT molecular complexity index is 785. The van der Waals surface area contributed by atoms with E-state index in [1.807, 2.05) is 12.1 Å². The number of aliphatic imine (C=N–C) groups is 1. The number of carbonyl (C=O) groups is 1. The van der Waals surface area contributed by atoms with Crippen LogP contribution in [-0.4, -0.2) is 33.4 Å². The van der Waals surface area contributed by atoms with Gasteiger partial charge in [-0.3, -0.25) is 15.0 Å². The van der Waals surface area contributed by atoms with E-state index in [4.69, 9.17) is 5.73 Å². The highest BCUT2D eigenvalue weighted by atomic mass is 16.3.